The van der Waals surface area contributed by atoms with Crippen molar-refractivity contribution in [1.29, 1.82) is 0 Å². The summed E-state index contributed by atoms with van der Waals surface area (Å²) in [4.78, 5) is 16.7. The van der Waals surface area contributed by atoms with E-state index < -0.39 is 0 Å². The third kappa shape index (κ3) is 3.14. The van der Waals surface area contributed by atoms with E-state index in [4.69, 9.17) is 0 Å². The summed E-state index contributed by atoms with van der Waals surface area (Å²) in [5.41, 5.74) is 2.97. The molecule has 2 aromatic heterocycles. The zero-order chi connectivity index (χ0) is 15.5. The standard InChI is InChI=1S/C17H17N3OS/c1-12-6-5-7-14(10-12)19-16(21)13(2)22-17-18-11-15-8-3-4-9-20(15)17/h3-11,13H,1-2H3,(H,19,21). The number of imidazole rings is 1. The number of benzene rings is 1. The summed E-state index contributed by atoms with van der Waals surface area (Å²) < 4.78 is 1.99. The molecule has 0 bridgehead atoms. The predicted molar refractivity (Wildman–Crippen MR) is 90.3 cm³/mol. The van der Waals surface area contributed by atoms with Crippen molar-refractivity contribution in [2.75, 3.05) is 5.32 Å². The van der Waals surface area contributed by atoms with E-state index in [9.17, 15) is 4.79 Å². The van der Waals surface area contributed by atoms with Crippen LogP contribution in [0.1, 0.15) is 12.5 Å². The molecule has 0 aliphatic rings. The molecule has 0 saturated carbocycles. The van der Waals surface area contributed by atoms with Crippen molar-refractivity contribution in [2.45, 2.75) is 24.3 Å². The van der Waals surface area contributed by atoms with E-state index in [0.717, 1.165) is 21.9 Å². The fourth-order valence-electron chi connectivity index (χ4n) is 2.18. The first kappa shape index (κ1) is 14.7. The molecule has 1 amide bonds. The van der Waals surface area contributed by atoms with Gasteiger partial charge < -0.3 is 5.32 Å². The van der Waals surface area contributed by atoms with Crippen LogP contribution in [0.25, 0.3) is 5.52 Å². The molecule has 112 valence electrons. The Bertz CT molecular complexity index is 812. The van der Waals surface area contributed by atoms with Gasteiger partial charge in [-0.05, 0) is 43.7 Å². The molecular weight excluding hydrogens is 294 g/mol. The van der Waals surface area contributed by atoms with E-state index in [2.05, 4.69) is 10.3 Å². The van der Waals surface area contributed by atoms with E-state index in [1.54, 1.807) is 0 Å². The second kappa shape index (κ2) is 6.23. The van der Waals surface area contributed by atoms with Crippen LogP contribution in [0.3, 0.4) is 0 Å². The largest absolute Gasteiger partial charge is 0.325 e. The summed E-state index contributed by atoms with van der Waals surface area (Å²) in [6.45, 7) is 3.89. The fourth-order valence-corrected chi connectivity index (χ4v) is 3.06. The Balaban J connectivity index is 1.71. The third-order valence-electron chi connectivity index (χ3n) is 3.34. The lowest BCUT2D eigenvalue weighted by atomic mass is 10.2. The van der Waals surface area contributed by atoms with Crippen LogP contribution in [0, 0.1) is 6.92 Å². The number of hydrogen-bond acceptors (Lipinski definition) is 3. The van der Waals surface area contributed by atoms with Crippen molar-refractivity contribution in [2.24, 2.45) is 0 Å². The number of thioether (sulfide) groups is 1. The van der Waals surface area contributed by atoms with Crippen LogP contribution in [0.4, 0.5) is 5.69 Å². The number of nitrogens with zero attached hydrogens (tertiary/aromatic N) is 2. The number of anilines is 1. The number of nitrogens with one attached hydrogen (secondary N) is 1. The van der Waals surface area contributed by atoms with Gasteiger partial charge in [0.1, 0.15) is 0 Å². The molecule has 1 N–H and O–H groups in total. The van der Waals surface area contributed by atoms with Crippen molar-refractivity contribution in [3.63, 3.8) is 0 Å². The lowest BCUT2D eigenvalue weighted by Crippen LogP contribution is -2.22. The minimum Gasteiger partial charge on any atom is -0.325 e. The number of rotatable bonds is 4. The molecule has 3 aromatic rings. The summed E-state index contributed by atoms with van der Waals surface area (Å²) in [6.07, 6.45) is 3.77. The quantitative estimate of drug-likeness (QED) is 0.746. The van der Waals surface area contributed by atoms with E-state index >= 15 is 0 Å². The normalized spacial score (nSPS) is 12.3. The molecule has 0 radical (unpaired) electrons. The average Bonchev–Trinajstić information content (AvgIpc) is 2.90. The van der Waals surface area contributed by atoms with Gasteiger partial charge in [-0.25, -0.2) is 4.98 Å². The molecule has 2 heterocycles. The number of aryl methyl sites for hydroxylation is 1. The van der Waals surface area contributed by atoms with Crippen LogP contribution in [-0.4, -0.2) is 20.5 Å². The highest BCUT2D eigenvalue weighted by Gasteiger charge is 2.17. The molecule has 22 heavy (non-hydrogen) atoms. The average molecular weight is 311 g/mol. The van der Waals surface area contributed by atoms with Gasteiger partial charge >= 0.3 is 0 Å². The number of pyridine rings is 1. The Kier molecular flexibility index (Phi) is 4.15. The van der Waals surface area contributed by atoms with Gasteiger partial charge in [-0.1, -0.05) is 30.0 Å². The van der Waals surface area contributed by atoms with Crippen molar-refractivity contribution in [1.82, 2.24) is 9.38 Å². The van der Waals surface area contributed by atoms with E-state index in [0.29, 0.717) is 0 Å². The second-order valence-corrected chi connectivity index (χ2v) is 6.46. The first-order valence-corrected chi connectivity index (χ1v) is 7.98. The van der Waals surface area contributed by atoms with Gasteiger partial charge in [0.25, 0.3) is 0 Å². The highest BCUT2D eigenvalue weighted by atomic mass is 32.2. The summed E-state index contributed by atoms with van der Waals surface area (Å²) in [6, 6.07) is 13.7. The SMILES string of the molecule is Cc1cccc(NC(=O)C(C)Sc2ncc3ccccn23)c1. The Morgan fingerprint density at radius 2 is 2.14 bits per heavy atom. The molecule has 0 aliphatic heterocycles. The molecule has 5 heteroatoms. The molecule has 0 fully saturated rings. The molecular formula is C17H17N3OS. The van der Waals surface area contributed by atoms with E-state index in [1.165, 1.54) is 11.8 Å². The summed E-state index contributed by atoms with van der Waals surface area (Å²) in [5, 5.41) is 3.54. The number of hydrogen-bond donors (Lipinski definition) is 1. The smallest absolute Gasteiger partial charge is 0.237 e. The van der Waals surface area contributed by atoms with Crippen LogP contribution >= 0.6 is 11.8 Å². The second-order valence-electron chi connectivity index (χ2n) is 5.16. The summed E-state index contributed by atoms with van der Waals surface area (Å²) in [5.74, 6) is -0.0247. The maximum absolute atomic E-state index is 12.3. The lowest BCUT2D eigenvalue weighted by Gasteiger charge is -2.11. The molecule has 3 rings (SSSR count). The topological polar surface area (TPSA) is 46.4 Å². The number of carbonyl (C=O) groups excluding carboxylic acids is 1. The van der Waals surface area contributed by atoms with Crippen LogP contribution < -0.4 is 5.32 Å². The van der Waals surface area contributed by atoms with Gasteiger partial charge in [0.15, 0.2) is 5.16 Å². The molecule has 0 saturated heterocycles. The van der Waals surface area contributed by atoms with Gasteiger partial charge in [-0.3, -0.25) is 9.20 Å². The van der Waals surface area contributed by atoms with Crippen molar-refractivity contribution < 1.29 is 4.79 Å². The van der Waals surface area contributed by atoms with Crippen LogP contribution in [0.5, 0.6) is 0 Å². The molecule has 1 aromatic carbocycles. The lowest BCUT2D eigenvalue weighted by molar-refractivity contribution is -0.115. The first-order valence-electron chi connectivity index (χ1n) is 7.10. The zero-order valence-electron chi connectivity index (χ0n) is 12.5. The molecule has 4 nitrogen and oxygen atoms in total. The minimum absolute atomic E-state index is 0.0247. The van der Waals surface area contributed by atoms with Crippen LogP contribution in [0.2, 0.25) is 0 Å². The number of fused-ring (bicyclic) bond motifs is 1. The first-order chi connectivity index (χ1) is 10.6. The fraction of sp³-hybridized carbons (Fsp3) is 0.176. The van der Waals surface area contributed by atoms with Crippen molar-refractivity contribution >= 4 is 28.9 Å². The monoisotopic (exact) mass is 311 g/mol. The molecule has 0 aliphatic carbocycles. The van der Waals surface area contributed by atoms with Crippen LogP contribution in [-0.2, 0) is 4.79 Å². The highest BCUT2D eigenvalue weighted by Crippen LogP contribution is 2.24. The Morgan fingerprint density at radius 1 is 1.27 bits per heavy atom. The Hall–Kier alpha value is -2.27. The minimum atomic E-state index is -0.230. The van der Waals surface area contributed by atoms with Gasteiger partial charge in [-0.15, -0.1) is 0 Å². The summed E-state index contributed by atoms with van der Waals surface area (Å²) in [7, 11) is 0. The number of aromatic nitrogens is 2. The van der Waals surface area contributed by atoms with Gasteiger partial charge in [0, 0.05) is 11.9 Å². The maximum Gasteiger partial charge on any atom is 0.237 e. The third-order valence-corrected chi connectivity index (χ3v) is 4.42. The maximum atomic E-state index is 12.3. The molecule has 0 spiro atoms. The molecule has 1 atom stereocenters. The predicted octanol–water partition coefficient (Wildman–Crippen LogP) is 3.76. The van der Waals surface area contributed by atoms with Crippen molar-refractivity contribution in [3.05, 3.63) is 60.4 Å². The van der Waals surface area contributed by atoms with E-state index in [1.807, 2.05) is 73.1 Å². The van der Waals surface area contributed by atoms with E-state index in [-0.39, 0.29) is 11.2 Å². The Labute approximate surface area is 133 Å². The van der Waals surface area contributed by atoms with Crippen LogP contribution in [0.15, 0.2) is 60.0 Å². The highest BCUT2D eigenvalue weighted by molar-refractivity contribution is 8.00. The number of carbonyl (C=O) groups is 1. The van der Waals surface area contributed by atoms with Gasteiger partial charge in [0.05, 0.1) is 17.0 Å². The van der Waals surface area contributed by atoms with Gasteiger partial charge in [-0.2, -0.15) is 0 Å². The van der Waals surface area contributed by atoms with Gasteiger partial charge in [0.2, 0.25) is 5.91 Å². The van der Waals surface area contributed by atoms with Crippen molar-refractivity contribution in [3.8, 4) is 0 Å². The number of amides is 1. The Morgan fingerprint density at radius 3 is 2.95 bits per heavy atom. The summed E-state index contributed by atoms with van der Waals surface area (Å²) >= 11 is 1.45. The molecule has 1 unspecified atom stereocenters. The zero-order valence-corrected chi connectivity index (χ0v) is 13.3.